The first-order valence-corrected chi connectivity index (χ1v) is 11.7. The van der Waals surface area contributed by atoms with E-state index in [9.17, 15) is 0 Å². The van der Waals surface area contributed by atoms with Crippen molar-refractivity contribution in [1.29, 1.82) is 0 Å². The molecule has 0 saturated carbocycles. The summed E-state index contributed by atoms with van der Waals surface area (Å²) in [5, 5.41) is 2.07. The fourth-order valence-corrected chi connectivity index (χ4v) is 6.27. The quantitative estimate of drug-likeness (QED) is 0.447. The number of aryl methyl sites for hydroxylation is 6. The van der Waals surface area contributed by atoms with E-state index in [1.54, 1.807) is 0 Å². The second-order valence-electron chi connectivity index (χ2n) is 7.01. The summed E-state index contributed by atoms with van der Waals surface area (Å²) >= 11 is 0. The molecular formula is C24H34FSi. The molecule has 0 spiro atoms. The molecule has 0 nitrogen and oxygen atoms in total. The van der Waals surface area contributed by atoms with E-state index < -0.39 is 9.13 Å². The molecule has 141 valence electrons. The van der Waals surface area contributed by atoms with Gasteiger partial charge < -0.3 is 4.11 Å². The Bertz CT molecular complexity index is 634. The summed E-state index contributed by atoms with van der Waals surface area (Å²) < 4.78 is 16.2. The summed E-state index contributed by atoms with van der Waals surface area (Å²) in [5.41, 5.74) is 7.57. The highest BCUT2D eigenvalue weighted by atomic mass is 28.3. The van der Waals surface area contributed by atoms with Crippen molar-refractivity contribution in [1.82, 2.24) is 0 Å². The highest BCUT2D eigenvalue weighted by Gasteiger charge is 2.28. The number of halogens is 1. The van der Waals surface area contributed by atoms with Crippen molar-refractivity contribution in [2.45, 2.75) is 80.1 Å². The minimum atomic E-state index is -2.26. The van der Waals surface area contributed by atoms with Crippen molar-refractivity contribution >= 4 is 19.5 Å². The molecule has 26 heavy (non-hydrogen) atoms. The maximum Gasteiger partial charge on any atom is 0.341 e. The van der Waals surface area contributed by atoms with Gasteiger partial charge in [0.1, 0.15) is 0 Å². The van der Waals surface area contributed by atoms with Crippen LogP contribution in [0.3, 0.4) is 0 Å². The Kier molecular flexibility index (Phi) is 7.64. The van der Waals surface area contributed by atoms with Crippen LogP contribution >= 0.6 is 0 Å². The predicted octanol–water partition coefficient (Wildman–Crippen LogP) is 5.14. The third kappa shape index (κ3) is 4.11. The number of hydrogen-bond donors (Lipinski definition) is 0. The van der Waals surface area contributed by atoms with Crippen molar-refractivity contribution in [3.05, 3.63) is 57.6 Å². The molecule has 0 amide bonds. The lowest BCUT2D eigenvalue weighted by Gasteiger charge is -2.22. The summed E-state index contributed by atoms with van der Waals surface area (Å²) in [6.07, 6.45) is 5.66. The molecular weight excluding hydrogens is 335 g/mol. The molecule has 0 bridgehead atoms. The van der Waals surface area contributed by atoms with Crippen molar-refractivity contribution in [2.24, 2.45) is 0 Å². The van der Waals surface area contributed by atoms with Gasteiger partial charge in [0, 0.05) is 0 Å². The summed E-state index contributed by atoms with van der Waals surface area (Å²) in [6.45, 7) is 13.0. The number of benzene rings is 2. The van der Waals surface area contributed by atoms with Crippen LogP contribution in [0.15, 0.2) is 24.3 Å². The molecule has 0 aliphatic carbocycles. The normalized spacial score (nSPS) is 11.4. The third-order valence-electron chi connectivity index (χ3n) is 5.50. The molecule has 0 unspecified atom stereocenters. The van der Waals surface area contributed by atoms with Crippen LogP contribution in [-0.4, -0.2) is 9.13 Å². The summed E-state index contributed by atoms with van der Waals surface area (Å²) in [6, 6.07) is 8.99. The van der Waals surface area contributed by atoms with Crippen LogP contribution in [0.25, 0.3) is 0 Å². The van der Waals surface area contributed by atoms with Gasteiger partial charge in [0.2, 0.25) is 0 Å². The molecule has 2 heteroatoms. The second-order valence-corrected chi connectivity index (χ2v) is 8.64. The van der Waals surface area contributed by atoms with E-state index >= 15 is 4.11 Å². The average molecular weight is 370 g/mol. The van der Waals surface area contributed by atoms with E-state index in [1.165, 1.54) is 33.4 Å². The fraction of sp³-hybridized carbons (Fsp3) is 0.500. The lowest BCUT2D eigenvalue weighted by molar-refractivity contribution is 0.856. The molecule has 0 heterocycles. The zero-order chi connectivity index (χ0) is 19.3. The van der Waals surface area contributed by atoms with E-state index in [-0.39, 0.29) is 0 Å². The fourth-order valence-electron chi connectivity index (χ4n) is 3.89. The van der Waals surface area contributed by atoms with Crippen LogP contribution in [-0.2, 0) is 38.5 Å². The third-order valence-corrected chi connectivity index (χ3v) is 7.66. The van der Waals surface area contributed by atoms with Crippen LogP contribution in [0.2, 0.25) is 0 Å². The van der Waals surface area contributed by atoms with Crippen LogP contribution in [0.5, 0.6) is 0 Å². The minimum Gasteiger partial charge on any atom is -0.302 e. The Balaban J connectivity index is 2.71. The SMILES string of the molecule is CCc1cc(CC)c([Si](F)c2c(CC)cc(CC)cc2CC)c(CC)c1. The largest absolute Gasteiger partial charge is 0.341 e. The van der Waals surface area contributed by atoms with Gasteiger partial charge in [0.15, 0.2) is 0 Å². The lowest BCUT2D eigenvalue weighted by Crippen LogP contribution is -2.46. The smallest absolute Gasteiger partial charge is 0.302 e. The monoisotopic (exact) mass is 369 g/mol. The average Bonchev–Trinajstić information content (AvgIpc) is 2.70. The van der Waals surface area contributed by atoms with E-state index in [0.717, 1.165) is 48.9 Å². The Labute approximate surface area is 161 Å². The van der Waals surface area contributed by atoms with Gasteiger partial charge in [0.05, 0.1) is 0 Å². The first-order valence-electron chi connectivity index (χ1n) is 10.4. The Morgan fingerprint density at radius 2 is 0.808 bits per heavy atom. The van der Waals surface area contributed by atoms with Gasteiger partial charge in [-0.05, 0) is 82.3 Å². The van der Waals surface area contributed by atoms with E-state index in [4.69, 9.17) is 0 Å². The minimum absolute atomic E-state index is 0.907. The van der Waals surface area contributed by atoms with Gasteiger partial charge >= 0.3 is 9.13 Å². The molecule has 0 N–H and O–H groups in total. The van der Waals surface area contributed by atoms with E-state index in [1.807, 2.05) is 0 Å². The highest BCUT2D eigenvalue weighted by Crippen LogP contribution is 2.17. The standard InChI is InChI=1S/C24H34FSi/c1-7-17-13-19(9-3)23(20(10-4)14-17)26(25)24-21(11-5)15-18(8-2)16-22(24)12-6/h13-16H,7-12H2,1-6H3. The zero-order valence-corrected chi connectivity index (χ0v) is 18.4. The molecule has 0 aliphatic rings. The maximum atomic E-state index is 16.2. The lowest BCUT2D eigenvalue weighted by atomic mass is 10.0. The Morgan fingerprint density at radius 1 is 0.538 bits per heavy atom. The Hall–Kier alpha value is -1.41. The molecule has 2 rings (SSSR count). The molecule has 0 fully saturated rings. The van der Waals surface area contributed by atoms with Crippen LogP contribution in [0.1, 0.15) is 74.9 Å². The summed E-state index contributed by atoms with van der Waals surface area (Å²) in [4.78, 5) is 0. The topological polar surface area (TPSA) is 0 Å². The molecule has 1 radical (unpaired) electrons. The van der Waals surface area contributed by atoms with Crippen LogP contribution in [0, 0.1) is 0 Å². The first kappa shape index (κ1) is 20.9. The van der Waals surface area contributed by atoms with Crippen molar-refractivity contribution in [2.75, 3.05) is 0 Å². The molecule has 0 atom stereocenters. The zero-order valence-electron chi connectivity index (χ0n) is 17.4. The van der Waals surface area contributed by atoms with Crippen molar-refractivity contribution in [3.63, 3.8) is 0 Å². The van der Waals surface area contributed by atoms with Gasteiger partial charge in [-0.2, -0.15) is 0 Å². The van der Waals surface area contributed by atoms with Gasteiger partial charge in [-0.25, -0.2) is 0 Å². The first-order chi connectivity index (χ1) is 12.5. The van der Waals surface area contributed by atoms with Gasteiger partial charge in [-0.1, -0.05) is 65.8 Å². The van der Waals surface area contributed by atoms with Gasteiger partial charge in [-0.15, -0.1) is 0 Å². The summed E-state index contributed by atoms with van der Waals surface area (Å²) in [5.74, 6) is 0. The van der Waals surface area contributed by atoms with Gasteiger partial charge in [0.25, 0.3) is 0 Å². The van der Waals surface area contributed by atoms with E-state index in [2.05, 4.69) is 65.8 Å². The molecule has 2 aromatic rings. The number of hydrogen-bond acceptors (Lipinski definition) is 0. The van der Waals surface area contributed by atoms with Crippen molar-refractivity contribution in [3.8, 4) is 0 Å². The van der Waals surface area contributed by atoms with Crippen molar-refractivity contribution < 1.29 is 4.11 Å². The Morgan fingerprint density at radius 3 is 1.00 bits per heavy atom. The predicted molar refractivity (Wildman–Crippen MR) is 115 cm³/mol. The van der Waals surface area contributed by atoms with E-state index in [0.29, 0.717) is 0 Å². The summed E-state index contributed by atoms with van der Waals surface area (Å²) in [7, 11) is -2.26. The molecule has 0 aliphatic heterocycles. The van der Waals surface area contributed by atoms with Crippen LogP contribution < -0.4 is 10.4 Å². The molecule has 0 aromatic heterocycles. The second kappa shape index (κ2) is 9.50. The highest BCUT2D eigenvalue weighted by molar-refractivity contribution is 6.81. The maximum absolute atomic E-state index is 16.2. The number of rotatable bonds is 8. The molecule has 2 aromatic carbocycles. The molecule has 0 saturated heterocycles. The van der Waals surface area contributed by atoms with Gasteiger partial charge in [-0.3, -0.25) is 0 Å². The van der Waals surface area contributed by atoms with Crippen LogP contribution in [0.4, 0.5) is 4.11 Å².